The van der Waals surface area contributed by atoms with Crippen LogP contribution in [0, 0.1) is 0 Å². The molecule has 3 aromatic rings. The van der Waals surface area contributed by atoms with Crippen molar-refractivity contribution in [2.75, 3.05) is 6.61 Å². The number of nitrogens with zero attached hydrogens (tertiary/aromatic N) is 2. The quantitative estimate of drug-likeness (QED) is 0.711. The van der Waals surface area contributed by atoms with Gasteiger partial charge in [-0.05, 0) is 30.2 Å². The van der Waals surface area contributed by atoms with E-state index in [1.54, 1.807) is 6.07 Å². The molecule has 4 rings (SSSR count). The molecule has 25 heavy (non-hydrogen) atoms. The summed E-state index contributed by atoms with van der Waals surface area (Å²) in [6.45, 7) is 2.30. The van der Waals surface area contributed by atoms with Crippen molar-refractivity contribution in [3.05, 3.63) is 52.8 Å². The summed E-state index contributed by atoms with van der Waals surface area (Å²) in [4.78, 5) is 17.6. The summed E-state index contributed by atoms with van der Waals surface area (Å²) < 4.78 is 14.5. The fraction of sp³-hybridized carbons (Fsp3) is 0.263. The average molecular weight is 354 g/mol. The van der Waals surface area contributed by atoms with Gasteiger partial charge in [-0.1, -0.05) is 42.5 Å². The predicted octanol–water partition coefficient (Wildman–Crippen LogP) is 3.07. The van der Waals surface area contributed by atoms with Gasteiger partial charge >= 0.3 is 0 Å². The monoisotopic (exact) mass is 354 g/mol. The standard InChI is InChI=1S/C19H18N2O3S/c1-3-12-7-6-10-16-17(12)21(2)19(25-16)20-18(22)15-11-23-13-8-4-5-9-14(13)24-15/h4-10,15H,3,11H2,1-2H3. The van der Waals surface area contributed by atoms with Gasteiger partial charge in [-0.3, -0.25) is 4.79 Å². The molecule has 128 valence electrons. The van der Waals surface area contributed by atoms with Crippen molar-refractivity contribution < 1.29 is 14.3 Å². The van der Waals surface area contributed by atoms with Crippen molar-refractivity contribution in [3.63, 3.8) is 0 Å². The van der Waals surface area contributed by atoms with Gasteiger partial charge in [0.1, 0.15) is 6.61 Å². The Balaban J connectivity index is 1.69. The zero-order valence-corrected chi connectivity index (χ0v) is 14.9. The number of amides is 1. The van der Waals surface area contributed by atoms with Crippen LogP contribution in [-0.2, 0) is 18.3 Å². The van der Waals surface area contributed by atoms with Gasteiger partial charge in [0, 0.05) is 7.05 Å². The number of carbonyl (C=O) groups is 1. The zero-order chi connectivity index (χ0) is 17.4. The normalized spacial score (nSPS) is 17.0. The van der Waals surface area contributed by atoms with Crippen LogP contribution in [-0.4, -0.2) is 23.2 Å². The number of thiazole rings is 1. The van der Waals surface area contributed by atoms with Gasteiger partial charge < -0.3 is 14.0 Å². The molecule has 0 N–H and O–H groups in total. The van der Waals surface area contributed by atoms with Gasteiger partial charge in [-0.2, -0.15) is 4.99 Å². The summed E-state index contributed by atoms with van der Waals surface area (Å²) in [6, 6.07) is 13.5. The Hall–Kier alpha value is -2.60. The lowest BCUT2D eigenvalue weighted by Gasteiger charge is -2.23. The smallest absolute Gasteiger partial charge is 0.292 e. The molecule has 1 unspecified atom stereocenters. The van der Waals surface area contributed by atoms with Gasteiger partial charge in [0.15, 0.2) is 16.3 Å². The van der Waals surface area contributed by atoms with Gasteiger partial charge in [0.2, 0.25) is 6.10 Å². The molecule has 0 fully saturated rings. The molecule has 0 spiro atoms. The Morgan fingerprint density at radius 2 is 2.04 bits per heavy atom. The van der Waals surface area contributed by atoms with Crippen LogP contribution >= 0.6 is 11.3 Å². The molecule has 6 heteroatoms. The molecule has 1 atom stereocenters. The molecule has 1 amide bonds. The summed E-state index contributed by atoms with van der Waals surface area (Å²) in [5.41, 5.74) is 2.38. The fourth-order valence-electron chi connectivity index (χ4n) is 2.98. The van der Waals surface area contributed by atoms with Crippen LogP contribution in [0.3, 0.4) is 0 Å². The van der Waals surface area contributed by atoms with Gasteiger partial charge in [0.25, 0.3) is 5.91 Å². The van der Waals surface area contributed by atoms with Crippen LogP contribution in [0.4, 0.5) is 0 Å². The van der Waals surface area contributed by atoms with Gasteiger partial charge in [0.05, 0.1) is 10.2 Å². The third kappa shape index (κ3) is 2.82. The molecule has 5 nitrogen and oxygen atoms in total. The molecule has 0 saturated heterocycles. The summed E-state index contributed by atoms with van der Waals surface area (Å²) in [6.07, 6.45) is 0.219. The van der Waals surface area contributed by atoms with E-state index in [0.29, 0.717) is 16.3 Å². The first-order chi connectivity index (χ1) is 12.2. The molecule has 2 aromatic carbocycles. The maximum atomic E-state index is 12.6. The highest BCUT2D eigenvalue weighted by Crippen LogP contribution is 2.31. The third-order valence-electron chi connectivity index (χ3n) is 4.28. The lowest BCUT2D eigenvalue weighted by Crippen LogP contribution is -2.36. The molecule has 0 radical (unpaired) electrons. The van der Waals surface area contributed by atoms with E-state index < -0.39 is 6.10 Å². The highest BCUT2D eigenvalue weighted by molar-refractivity contribution is 7.16. The van der Waals surface area contributed by atoms with Gasteiger partial charge in [-0.15, -0.1) is 0 Å². The number of benzene rings is 2. The minimum absolute atomic E-state index is 0.175. The van der Waals surface area contributed by atoms with Crippen LogP contribution in [0.2, 0.25) is 0 Å². The molecule has 1 aliphatic rings. The van der Waals surface area contributed by atoms with Crippen molar-refractivity contribution in [1.29, 1.82) is 0 Å². The van der Waals surface area contributed by atoms with E-state index in [1.165, 1.54) is 16.9 Å². The number of rotatable bonds is 2. The molecule has 0 bridgehead atoms. The second-order valence-corrected chi connectivity index (χ2v) is 6.88. The van der Waals surface area contributed by atoms with Crippen LogP contribution in [0.25, 0.3) is 10.2 Å². The van der Waals surface area contributed by atoms with E-state index in [-0.39, 0.29) is 12.5 Å². The second-order valence-electron chi connectivity index (χ2n) is 5.88. The number of ether oxygens (including phenoxy) is 2. The Morgan fingerprint density at radius 1 is 1.24 bits per heavy atom. The lowest BCUT2D eigenvalue weighted by atomic mass is 10.1. The van der Waals surface area contributed by atoms with Gasteiger partial charge in [-0.25, -0.2) is 0 Å². The third-order valence-corrected chi connectivity index (χ3v) is 5.37. The number of aromatic nitrogens is 1. The molecular formula is C19H18N2O3S. The number of fused-ring (bicyclic) bond motifs is 2. The van der Waals surface area contributed by atoms with Crippen LogP contribution in [0.5, 0.6) is 11.5 Å². The van der Waals surface area contributed by atoms with E-state index in [1.807, 2.05) is 35.9 Å². The maximum absolute atomic E-state index is 12.6. The molecule has 0 saturated carbocycles. The minimum Gasteiger partial charge on any atom is -0.485 e. The topological polar surface area (TPSA) is 52.8 Å². The number of hydrogen-bond acceptors (Lipinski definition) is 4. The minimum atomic E-state index is -0.717. The van der Waals surface area contributed by atoms with E-state index in [2.05, 4.69) is 24.0 Å². The van der Waals surface area contributed by atoms with Crippen LogP contribution < -0.4 is 14.3 Å². The summed E-state index contributed by atoms with van der Waals surface area (Å²) in [5.74, 6) is 0.914. The predicted molar refractivity (Wildman–Crippen MR) is 97.1 cm³/mol. The van der Waals surface area contributed by atoms with E-state index in [9.17, 15) is 4.79 Å². The molecular weight excluding hydrogens is 336 g/mol. The van der Waals surface area contributed by atoms with Crippen molar-refractivity contribution in [2.24, 2.45) is 12.0 Å². The molecule has 1 aromatic heterocycles. The van der Waals surface area contributed by atoms with E-state index in [0.717, 1.165) is 16.6 Å². The SMILES string of the molecule is CCc1cccc2sc(=NC(=O)C3COc4ccccc4O3)n(C)c12. The lowest BCUT2D eigenvalue weighted by molar-refractivity contribution is -0.127. The van der Waals surface area contributed by atoms with Crippen molar-refractivity contribution in [3.8, 4) is 11.5 Å². The summed E-state index contributed by atoms with van der Waals surface area (Å²) in [7, 11) is 1.94. The summed E-state index contributed by atoms with van der Waals surface area (Å²) >= 11 is 1.51. The average Bonchev–Trinajstić information content (AvgIpc) is 2.97. The number of carbonyl (C=O) groups excluding carboxylic acids is 1. The largest absolute Gasteiger partial charge is 0.485 e. The Morgan fingerprint density at radius 3 is 2.84 bits per heavy atom. The van der Waals surface area contributed by atoms with E-state index >= 15 is 0 Å². The number of aryl methyl sites for hydroxylation is 2. The molecule has 0 aliphatic carbocycles. The fourth-order valence-corrected chi connectivity index (χ4v) is 4.06. The van der Waals surface area contributed by atoms with Crippen molar-refractivity contribution in [2.45, 2.75) is 19.4 Å². The van der Waals surface area contributed by atoms with E-state index in [4.69, 9.17) is 9.47 Å². The zero-order valence-electron chi connectivity index (χ0n) is 14.1. The van der Waals surface area contributed by atoms with Crippen molar-refractivity contribution >= 4 is 27.5 Å². The molecule has 1 aliphatic heterocycles. The van der Waals surface area contributed by atoms with Crippen LogP contribution in [0.15, 0.2) is 47.5 Å². The number of para-hydroxylation sites is 3. The second kappa shape index (κ2) is 6.37. The summed E-state index contributed by atoms with van der Waals surface area (Å²) in [5, 5.41) is 0. The van der Waals surface area contributed by atoms with Crippen molar-refractivity contribution in [1.82, 2.24) is 4.57 Å². The Labute approximate surface area is 149 Å². The number of hydrogen-bond donors (Lipinski definition) is 0. The highest BCUT2D eigenvalue weighted by atomic mass is 32.1. The highest BCUT2D eigenvalue weighted by Gasteiger charge is 2.27. The first kappa shape index (κ1) is 15.9. The molecule has 2 heterocycles. The Bertz CT molecular complexity index is 1020. The Kier molecular flexibility index (Phi) is 4.05. The first-order valence-corrected chi connectivity index (χ1v) is 9.03. The maximum Gasteiger partial charge on any atom is 0.292 e. The van der Waals surface area contributed by atoms with Crippen LogP contribution in [0.1, 0.15) is 12.5 Å². The first-order valence-electron chi connectivity index (χ1n) is 8.22.